The molecule has 0 radical (unpaired) electrons. The monoisotopic (exact) mass is 386 g/mol. The fraction of sp³-hybridized carbons (Fsp3) is 0.667. The van der Waals surface area contributed by atoms with Crippen molar-refractivity contribution in [3.63, 3.8) is 0 Å². The first-order chi connectivity index (χ1) is 13.5. The summed E-state index contributed by atoms with van der Waals surface area (Å²) in [5.41, 5.74) is 2.66. The highest BCUT2D eigenvalue weighted by Crippen LogP contribution is 2.27. The summed E-state index contributed by atoms with van der Waals surface area (Å²) in [7, 11) is 0. The van der Waals surface area contributed by atoms with Crippen molar-refractivity contribution in [1.29, 1.82) is 5.26 Å². The summed E-state index contributed by atoms with van der Waals surface area (Å²) in [5, 5.41) is 23.2. The quantitative estimate of drug-likeness (QED) is 0.816. The van der Waals surface area contributed by atoms with Gasteiger partial charge in [0.2, 0.25) is 0 Å². The molecule has 0 spiro atoms. The van der Waals surface area contributed by atoms with Crippen LogP contribution in [-0.2, 0) is 9.59 Å². The maximum atomic E-state index is 9.93. The Labute approximate surface area is 166 Å². The zero-order valence-electron chi connectivity index (χ0n) is 16.8. The second-order valence-corrected chi connectivity index (χ2v) is 7.74. The Morgan fingerprint density at radius 1 is 1.25 bits per heavy atom. The summed E-state index contributed by atoms with van der Waals surface area (Å²) in [5.74, 6) is 0.964. The zero-order chi connectivity index (χ0) is 20.5. The van der Waals surface area contributed by atoms with E-state index in [1.165, 1.54) is 32.1 Å². The molecule has 0 aromatic carbocycles. The molecule has 7 heteroatoms. The molecule has 7 nitrogen and oxygen atoms in total. The molecular weight excluding hydrogens is 356 g/mol. The molecule has 2 fully saturated rings. The van der Waals surface area contributed by atoms with Gasteiger partial charge in [-0.05, 0) is 44.7 Å². The smallest absolute Gasteiger partial charge is 0.373 e. The molecule has 2 unspecified atom stereocenters. The molecule has 1 saturated heterocycles. The van der Waals surface area contributed by atoms with Crippen LogP contribution in [0, 0.1) is 31.1 Å². The third kappa shape index (κ3) is 5.62. The van der Waals surface area contributed by atoms with E-state index in [9.17, 15) is 10.4 Å². The van der Waals surface area contributed by atoms with Crippen molar-refractivity contribution >= 4 is 12.0 Å². The number of aliphatic hydroxyl groups is 1. The summed E-state index contributed by atoms with van der Waals surface area (Å²) in [6, 6.07) is 5.18. The molecular formula is C21H30N4O3. The van der Waals surface area contributed by atoms with Crippen LogP contribution in [0.15, 0.2) is 6.07 Å². The molecule has 1 aromatic rings. The Bertz CT molecular complexity index is 719. The SMILES string of the molecule is Cc1cc(C#N)c(N2CCC(NC3CCCCC3)C(CO)C2)nc1C.O=C=O. The average Bonchev–Trinajstić information content (AvgIpc) is 2.71. The van der Waals surface area contributed by atoms with Gasteiger partial charge >= 0.3 is 6.15 Å². The van der Waals surface area contributed by atoms with Crippen molar-refractivity contribution in [3.8, 4) is 6.07 Å². The number of hydrogen-bond donors (Lipinski definition) is 2. The standard InChI is InChI=1S/C20H30N4O.CO2/c1-14-10-16(11-21)20(22-15(14)2)24-9-8-19(17(12-24)13-25)23-18-6-4-3-5-7-18;2-1-3/h10,17-19,23,25H,3-9,12-13H2,1-2H3;. The van der Waals surface area contributed by atoms with Crippen LogP contribution in [0.5, 0.6) is 0 Å². The van der Waals surface area contributed by atoms with E-state index in [0.29, 0.717) is 17.6 Å². The van der Waals surface area contributed by atoms with Gasteiger partial charge in [-0.1, -0.05) is 19.3 Å². The van der Waals surface area contributed by atoms with E-state index in [1.807, 2.05) is 19.9 Å². The van der Waals surface area contributed by atoms with E-state index in [2.05, 4.69) is 21.3 Å². The number of carbonyl (C=O) groups excluding carboxylic acids is 2. The van der Waals surface area contributed by atoms with E-state index in [-0.39, 0.29) is 18.7 Å². The number of anilines is 1. The lowest BCUT2D eigenvalue weighted by Gasteiger charge is -2.41. The highest BCUT2D eigenvalue weighted by molar-refractivity contribution is 5.56. The van der Waals surface area contributed by atoms with Crippen molar-refractivity contribution in [1.82, 2.24) is 10.3 Å². The second kappa shape index (κ2) is 10.9. The van der Waals surface area contributed by atoms with Gasteiger partial charge in [-0.25, -0.2) is 4.98 Å². The number of aryl methyl sites for hydroxylation is 2. The van der Waals surface area contributed by atoms with E-state index in [4.69, 9.17) is 9.59 Å². The molecule has 2 heterocycles. The first-order valence-electron chi connectivity index (χ1n) is 10.0. The molecule has 1 saturated carbocycles. The third-order valence-corrected chi connectivity index (χ3v) is 5.89. The van der Waals surface area contributed by atoms with Gasteiger partial charge in [-0.15, -0.1) is 0 Å². The molecule has 2 aliphatic rings. The van der Waals surface area contributed by atoms with E-state index >= 15 is 0 Å². The maximum absolute atomic E-state index is 9.93. The molecule has 3 rings (SSSR count). The number of hydrogen-bond acceptors (Lipinski definition) is 7. The molecule has 0 amide bonds. The predicted molar refractivity (Wildman–Crippen MR) is 105 cm³/mol. The predicted octanol–water partition coefficient (Wildman–Crippen LogP) is 2.10. The van der Waals surface area contributed by atoms with Crippen molar-refractivity contribution in [2.45, 2.75) is 64.5 Å². The number of aliphatic hydroxyl groups excluding tert-OH is 1. The number of pyridine rings is 1. The van der Waals surface area contributed by atoms with Gasteiger partial charge in [0.15, 0.2) is 0 Å². The molecule has 2 atom stereocenters. The van der Waals surface area contributed by atoms with Crippen molar-refractivity contribution in [2.24, 2.45) is 5.92 Å². The fourth-order valence-electron chi connectivity index (χ4n) is 4.22. The molecule has 1 aliphatic heterocycles. The van der Waals surface area contributed by atoms with Crippen LogP contribution in [0.2, 0.25) is 0 Å². The normalized spacial score (nSPS) is 22.6. The number of piperidine rings is 1. The Hall–Kier alpha value is -2.26. The lowest BCUT2D eigenvalue weighted by Crippen LogP contribution is -2.53. The number of nitrogens with one attached hydrogen (secondary N) is 1. The summed E-state index contributed by atoms with van der Waals surface area (Å²) in [6.07, 6.45) is 7.75. The van der Waals surface area contributed by atoms with Crippen molar-refractivity contribution in [2.75, 3.05) is 24.6 Å². The summed E-state index contributed by atoms with van der Waals surface area (Å²) >= 11 is 0. The molecule has 0 bridgehead atoms. The van der Waals surface area contributed by atoms with Gasteiger partial charge in [0.05, 0.1) is 5.56 Å². The van der Waals surface area contributed by atoms with Crippen LogP contribution in [0.25, 0.3) is 0 Å². The summed E-state index contributed by atoms with van der Waals surface area (Å²) in [4.78, 5) is 23.1. The van der Waals surface area contributed by atoms with Gasteiger partial charge in [-0.3, -0.25) is 0 Å². The minimum absolute atomic E-state index is 0.174. The van der Waals surface area contributed by atoms with Gasteiger partial charge < -0.3 is 15.3 Å². The number of aromatic nitrogens is 1. The van der Waals surface area contributed by atoms with Gasteiger partial charge in [0.1, 0.15) is 11.9 Å². The fourth-order valence-corrected chi connectivity index (χ4v) is 4.22. The summed E-state index contributed by atoms with van der Waals surface area (Å²) in [6.45, 7) is 5.79. The molecule has 1 aromatic heterocycles. The highest BCUT2D eigenvalue weighted by Gasteiger charge is 2.32. The topological polar surface area (TPSA) is 106 Å². The molecule has 2 N–H and O–H groups in total. The Kier molecular flexibility index (Phi) is 8.59. The summed E-state index contributed by atoms with van der Waals surface area (Å²) < 4.78 is 0. The third-order valence-electron chi connectivity index (χ3n) is 5.89. The minimum atomic E-state index is 0.174. The Morgan fingerprint density at radius 3 is 2.54 bits per heavy atom. The maximum Gasteiger partial charge on any atom is 0.373 e. The van der Waals surface area contributed by atoms with E-state index in [0.717, 1.165) is 36.6 Å². The average molecular weight is 386 g/mol. The lowest BCUT2D eigenvalue weighted by atomic mass is 9.89. The van der Waals surface area contributed by atoms with Gasteiger partial charge in [0, 0.05) is 43.4 Å². The van der Waals surface area contributed by atoms with E-state index in [1.54, 1.807) is 0 Å². The Balaban J connectivity index is 0.000000878. The van der Waals surface area contributed by atoms with Crippen LogP contribution < -0.4 is 10.2 Å². The lowest BCUT2D eigenvalue weighted by molar-refractivity contribution is -0.191. The Morgan fingerprint density at radius 2 is 1.93 bits per heavy atom. The van der Waals surface area contributed by atoms with Crippen LogP contribution >= 0.6 is 0 Å². The molecule has 1 aliphatic carbocycles. The highest BCUT2D eigenvalue weighted by atomic mass is 16.3. The minimum Gasteiger partial charge on any atom is -0.396 e. The van der Waals surface area contributed by atoms with Crippen LogP contribution in [-0.4, -0.2) is 48.0 Å². The first-order valence-corrected chi connectivity index (χ1v) is 10.0. The zero-order valence-corrected chi connectivity index (χ0v) is 16.8. The van der Waals surface area contributed by atoms with E-state index < -0.39 is 0 Å². The van der Waals surface area contributed by atoms with Crippen molar-refractivity contribution < 1.29 is 14.7 Å². The van der Waals surface area contributed by atoms with Crippen LogP contribution in [0.3, 0.4) is 0 Å². The first kappa shape index (κ1) is 22.0. The number of nitrogens with zero attached hydrogens (tertiary/aromatic N) is 3. The van der Waals surface area contributed by atoms with Gasteiger partial charge in [0.25, 0.3) is 0 Å². The number of nitriles is 1. The molecule has 28 heavy (non-hydrogen) atoms. The van der Waals surface area contributed by atoms with Gasteiger partial charge in [-0.2, -0.15) is 14.9 Å². The largest absolute Gasteiger partial charge is 0.396 e. The van der Waals surface area contributed by atoms with Crippen LogP contribution in [0.1, 0.15) is 55.3 Å². The van der Waals surface area contributed by atoms with Crippen LogP contribution in [0.4, 0.5) is 5.82 Å². The number of rotatable bonds is 4. The van der Waals surface area contributed by atoms with Crippen molar-refractivity contribution in [3.05, 3.63) is 22.9 Å². The second-order valence-electron chi connectivity index (χ2n) is 7.74. The molecule has 152 valence electrons.